The number of carbonyl (C=O) groups is 2. The van der Waals surface area contributed by atoms with Crippen molar-refractivity contribution in [2.75, 3.05) is 47.3 Å². The van der Waals surface area contributed by atoms with Gasteiger partial charge < -0.3 is 34.3 Å². The van der Waals surface area contributed by atoms with E-state index in [1.807, 2.05) is 0 Å². The minimum atomic E-state index is -5.01. The zero-order valence-electron chi connectivity index (χ0n) is 37.9. The van der Waals surface area contributed by atoms with Gasteiger partial charge in [0.25, 0.3) is 0 Å². The van der Waals surface area contributed by atoms with Crippen LogP contribution in [0, 0.1) is 0 Å². The van der Waals surface area contributed by atoms with Gasteiger partial charge in [0.05, 0.1) is 45.4 Å². The number of nitrogen functional groups attached to an aromatic ring is 1. The summed E-state index contributed by atoms with van der Waals surface area (Å²) < 4.78 is 91.6. The molecule has 0 atom stereocenters. The van der Waals surface area contributed by atoms with Crippen LogP contribution in [0.4, 0.5) is 10.6 Å². The first-order chi connectivity index (χ1) is 31.9. The monoisotopic (exact) mass is 954 g/mol. The number of pyridine rings is 1. The summed E-state index contributed by atoms with van der Waals surface area (Å²) >= 11 is 0. The third-order valence-electron chi connectivity index (χ3n) is 10.9. The maximum Gasteiger partial charge on any atom is 0.410 e. The van der Waals surface area contributed by atoms with Crippen LogP contribution in [0.25, 0.3) is 22.5 Å². The van der Waals surface area contributed by atoms with Crippen molar-refractivity contribution in [2.45, 2.75) is 61.0 Å². The number of sulfonamides is 1. The Hall–Kier alpha value is -7.10. The van der Waals surface area contributed by atoms with Crippen molar-refractivity contribution in [3.63, 3.8) is 0 Å². The van der Waals surface area contributed by atoms with Gasteiger partial charge in [-0.15, -0.1) is 5.10 Å². The zero-order chi connectivity index (χ0) is 48.3. The highest BCUT2D eigenvalue weighted by Gasteiger charge is 2.46. The van der Waals surface area contributed by atoms with Crippen molar-refractivity contribution in [1.29, 1.82) is 0 Å². The Bertz CT molecular complexity index is 2940. The largest absolute Gasteiger partial charge is 0.497 e. The molecule has 67 heavy (non-hydrogen) atoms. The summed E-state index contributed by atoms with van der Waals surface area (Å²) in [6, 6.07) is 26.0. The highest BCUT2D eigenvalue weighted by Crippen LogP contribution is 2.44. The van der Waals surface area contributed by atoms with Crippen molar-refractivity contribution < 1.29 is 50.1 Å². The van der Waals surface area contributed by atoms with E-state index >= 15 is 16.8 Å². The van der Waals surface area contributed by atoms with Crippen LogP contribution in [-0.4, -0.2) is 116 Å². The molecule has 1 amide bonds. The third kappa shape index (κ3) is 10.3. The molecular formula is C46H50N8O11S2. The van der Waals surface area contributed by atoms with Gasteiger partial charge in [-0.1, -0.05) is 42.5 Å². The fourth-order valence-corrected chi connectivity index (χ4v) is 11.4. The fraction of sp³-hybridized carbons (Fsp3) is 0.304. The lowest BCUT2D eigenvalue weighted by Gasteiger charge is -2.39. The Balaban J connectivity index is 1.51. The summed E-state index contributed by atoms with van der Waals surface area (Å²) in [6.45, 7) is 4.01. The number of hydrogen-bond acceptors (Lipinski definition) is 16. The number of nitrogens with two attached hydrogens (primary N) is 1. The number of esters is 1. The van der Waals surface area contributed by atoms with Gasteiger partial charge in [0.2, 0.25) is 10.0 Å². The molecule has 4 aromatic carbocycles. The molecule has 1 saturated heterocycles. The summed E-state index contributed by atoms with van der Waals surface area (Å²) in [5, 5.41) is 11.4. The van der Waals surface area contributed by atoms with Gasteiger partial charge in [-0.2, -0.15) is 4.31 Å². The normalized spacial score (nSPS) is 13.2. The standard InChI is InChI=1S/C46H50N8O11S2/c1-46(2,3)65-45(56)52-27-35(28-52)66(57,58)39-23-21-36(37-20-22-38(44(55)64-7)48-42(37)47)40(43-49-50-51-54(43)26-31-12-18-34(63-6)19-13-31)41(39)67(59,60)53(24-29-8-14-32(61-4)15-9-29)25-30-10-16-33(62-5)17-11-30/h8-23,35H,24-28H2,1-7H3,(H2,47,48). The minimum Gasteiger partial charge on any atom is -0.497 e. The summed E-state index contributed by atoms with van der Waals surface area (Å²) in [5.74, 6) is 0.521. The lowest BCUT2D eigenvalue weighted by atomic mass is 9.99. The minimum absolute atomic E-state index is 0.00781. The SMILES string of the molecule is COC(=O)c1ccc(-c2ccc(S(=O)(=O)C3CN(C(=O)OC(C)(C)C)C3)c(S(=O)(=O)N(Cc3ccc(OC)cc3)Cc3ccc(OC)cc3)c2-c2nnnn2Cc2ccc(OC)cc2)c(N)n1. The summed E-state index contributed by atoms with van der Waals surface area (Å²) in [7, 11) is -3.92. The first-order valence-electron chi connectivity index (χ1n) is 20.8. The van der Waals surface area contributed by atoms with E-state index in [0.717, 1.165) is 4.31 Å². The number of hydrogen-bond donors (Lipinski definition) is 1. The van der Waals surface area contributed by atoms with Crippen LogP contribution in [0.3, 0.4) is 0 Å². The molecule has 0 bridgehead atoms. The summed E-state index contributed by atoms with van der Waals surface area (Å²) in [6.07, 6.45) is -0.718. The summed E-state index contributed by atoms with van der Waals surface area (Å²) in [4.78, 5) is 29.9. The number of aromatic nitrogens is 5. The molecule has 0 unspecified atom stereocenters. The second-order valence-electron chi connectivity index (χ2n) is 16.5. The molecule has 1 aliphatic heterocycles. The molecule has 0 aliphatic carbocycles. The maximum atomic E-state index is 16.1. The van der Waals surface area contributed by atoms with Gasteiger partial charge in [0.15, 0.2) is 21.4 Å². The number of sulfone groups is 1. The predicted molar refractivity (Wildman–Crippen MR) is 246 cm³/mol. The van der Waals surface area contributed by atoms with Crippen molar-refractivity contribution in [2.24, 2.45) is 0 Å². The Morgan fingerprint density at radius 1 is 0.731 bits per heavy atom. The van der Waals surface area contributed by atoms with E-state index in [9.17, 15) is 9.59 Å². The average Bonchev–Trinajstić information content (AvgIpc) is 3.75. The number of ether oxygens (including phenoxy) is 5. The number of tetrazole rings is 1. The fourth-order valence-electron chi connectivity index (χ4n) is 7.32. The quantitative estimate of drug-likeness (QED) is 0.116. The lowest BCUT2D eigenvalue weighted by Crippen LogP contribution is -2.57. The van der Waals surface area contributed by atoms with E-state index in [4.69, 9.17) is 29.4 Å². The molecule has 2 aromatic heterocycles. The number of anilines is 1. The van der Waals surface area contributed by atoms with Crippen LogP contribution < -0.4 is 19.9 Å². The molecule has 1 aliphatic rings. The van der Waals surface area contributed by atoms with Gasteiger partial charge in [-0.3, -0.25) is 0 Å². The van der Waals surface area contributed by atoms with Crippen LogP contribution in [0.1, 0.15) is 48.0 Å². The number of nitrogens with zero attached hydrogens (tertiary/aromatic N) is 7. The number of rotatable bonds is 16. The predicted octanol–water partition coefficient (Wildman–Crippen LogP) is 5.63. The van der Waals surface area contributed by atoms with Crippen molar-refractivity contribution >= 4 is 37.7 Å². The van der Waals surface area contributed by atoms with Gasteiger partial charge in [-0.05, 0) is 108 Å². The van der Waals surface area contributed by atoms with Crippen LogP contribution >= 0.6 is 0 Å². The lowest BCUT2D eigenvalue weighted by molar-refractivity contribution is 0.0138. The highest BCUT2D eigenvalue weighted by atomic mass is 32.2. The number of methoxy groups -OCH3 is 4. The van der Waals surface area contributed by atoms with Gasteiger partial charge in [0, 0.05) is 31.7 Å². The Morgan fingerprint density at radius 3 is 1.75 bits per heavy atom. The Labute approximate surface area is 388 Å². The average molecular weight is 955 g/mol. The smallest absolute Gasteiger partial charge is 0.410 e. The van der Waals surface area contributed by atoms with Crippen LogP contribution in [0.2, 0.25) is 0 Å². The first kappa shape index (κ1) is 47.9. The number of amides is 1. The molecule has 7 rings (SSSR count). The van der Waals surface area contributed by atoms with Gasteiger partial charge in [-0.25, -0.2) is 36.1 Å². The topological polar surface area (TPSA) is 238 Å². The van der Waals surface area contributed by atoms with Crippen LogP contribution in [0.5, 0.6) is 17.2 Å². The molecule has 3 heterocycles. The molecule has 6 aromatic rings. The molecule has 21 heteroatoms. The molecule has 0 saturated carbocycles. The zero-order valence-corrected chi connectivity index (χ0v) is 39.5. The maximum absolute atomic E-state index is 16.1. The number of carbonyl (C=O) groups excluding carboxylic acids is 2. The second kappa shape index (κ2) is 19.4. The van der Waals surface area contributed by atoms with E-state index in [-0.39, 0.29) is 66.8 Å². The van der Waals surface area contributed by atoms with E-state index in [1.165, 1.54) is 62.3 Å². The van der Waals surface area contributed by atoms with E-state index in [2.05, 4.69) is 20.5 Å². The molecule has 2 N–H and O–H groups in total. The van der Waals surface area contributed by atoms with Crippen molar-refractivity contribution in [1.82, 2.24) is 34.4 Å². The molecule has 1 fully saturated rings. The van der Waals surface area contributed by atoms with Crippen LogP contribution in [0.15, 0.2) is 107 Å². The first-order valence-corrected chi connectivity index (χ1v) is 23.7. The number of benzene rings is 4. The molecular weight excluding hydrogens is 905 g/mol. The van der Waals surface area contributed by atoms with Crippen molar-refractivity contribution in [3.05, 3.63) is 119 Å². The van der Waals surface area contributed by atoms with Gasteiger partial charge in [0.1, 0.15) is 38.8 Å². The molecule has 352 valence electrons. The molecule has 0 spiro atoms. The molecule has 19 nitrogen and oxygen atoms in total. The molecule has 0 radical (unpaired) electrons. The second-order valence-corrected chi connectivity index (χ2v) is 20.5. The Morgan fingerprint density at radius 2 is 1.25 bits per heavy atom. The third-order valence-corrected chi connectivity index (χ3v) is 15.0. The summed E-state index contributed by atoms with van der Waals surface area (Å²) in [5.41, 5.74) is 7.34. The van der Waals surface area contributed by atoms with E-state index in [0.29, 0.717) is 33.9 Å². The number of likely N-dealkylation sites (tertiary alicyclic amines) is 1. The van der Waals surface area contributed by atoms with Gasteiger partial charge >= 0.3 is 12.1 Å². The Kier molecular flexibility index (Phi) is 13.9. The van der Waals surface area contributed by atoms with E-state index in [1.54, 1.807) is 93.6 Å². The van der Waals surface area contributed by atoms with E-state index < -0.39 is 52.6 Å². The van der Waals surface area contributed by atoms with Crippen LogP contribution in [-0.2, 0) is 49.0 Å². The van der Waals surface area contributed by atoms with Crippen molar-refractivity contribution in [3.8, 4) is 39.8 Å². The highest BCUT2D eigenvalue weighted by molar-refractivity contribution is 7.94.